The van der Waals surface area contributed by atoms with Crippen molar-refractivity contribution >= 4 is 17.3 Å². The Balaban J connectivity index is 1.96. The Morgan fingerprint density at radius 1 is 1.18 bits per heavy atom. The summed E-state index contributed by atoms with van der Waals surface area (Å²) >= 11 is 0. The molecule has 1 saturated carbocycles. The Labute approximate surface area is 167 Å². The fraction of sp³-hybridized carbons (Fsp3) is 0.400. The Morgan fingerprint density at radius 3 is 2.46 bits per heavy atom. The lowest BCUT2D eigenvalue weighted by atomic mass is 9.71. The second kappa shape index (κ2) is 7.83. The predicted octanol–water partition coefficient (Wildman–Crippen LogP) is 5.33. The molecule has 0 radical (unpaired) electrons. The van der Waals surface area contributed by atoms with Crippen LogP contribution >= 0.6 is 0 Å². The van der Waals surface area contributed by atoms with Crippen LogP contribution in [0.1, 0.15) is 60.7 Å². The van der Waals surface area contributed by atoms with E-state index in [1.807, 2.05) is 55.5 Å². The lowest BCUT2D eigenvalue weighted by Gasteiger charge is -2.30. The van der Waals surface area contributed by atoms with E-state index < -0.39 is 11.3 Å². The van der Waals surface area contributed by atoms with Crippen LogP contribution in [0.2, 0.25) is 0 Å². The topological polar surface area (TPSA) is 58.0 Å². The minimum absolute atomic E-state index is 0.0330. The van der Waals surface area contributed by atoms with Crippen molar-refractivity contribution < 1.29 is 9.59 Å². The van der Waals surface area contributed by atoms with Crippen LogP contribution < -0.4 is 0 Å². The lowest BCUT2D eigenvalue weighted by molar-refractivity contribution is -0.125. The molecule has 2 aromatic rings. The molecule has 3 heteroatoms. The molecule has 1 fully saturated rings. The van der Waals surface area contributed by atoms with Gasteiger partial charge in [0.25, 0.3) is 0 Å². The molecule has 1 aliphatic rings. The summed E-state index contributed by atoms with van der Waals surface area (Å²) in [7, 11) is 0. The number of hydrogen-bond donors (Lipinski definition) is 1. The van der Waals surface area contributed by atoms with Gasteiger partial charge in [-0.3, -0.25) is 9.59 Å². The maximum absolute atomic E-state index is 13.7. The molecule has 0 amide bonds. The van der Waals surface area contributed by atoms with E-state index in [0.29, 0.717) is 30.0 Å². The first-order valence-electron chi connectivity index (χ1n) is 10.0. The highest BCUT2D eigenvalue weighted by Crippen LogP contribution is 2.45. The standard InChI is InChI=1S/C25H29NO2/c1-16(2)14-25(20-8-6-5-7-9-20)15-23(26)22(24(25)28)13-19-11-10-17(3)21(12-19)18(4)27/h5-12,16,22,26H,13-15H2,1-4H3. The molecule has 0 aromatic heterocycles. The van der Waals surface area contributed by atoms with E-state index in [4.69, 9.17) is 5.41 Å². The quantitative estimate of drug-likeness (QED) is 0.694. The Kier molecular flexibility index (Phi) is 5.64. The summed E-state index contributed by atoms with van der Waals surface area (Å²) < 4.78 is 0. The molecule has 28 heavy (non-hydrogen) atoms. The number of hydrogen-bond acceptors (Lipinski definition) is 3. The van der Waals surface area contributed by atoms with E-state index in [1.165, 1.54) is 0 Å². The van der Waals surface area contributed by atoms with Crippen molar-refractivity contribution in [1.29, 1.82) is 5.41 Å². The van der Waals surface area contributed by atoms with Crippen LogP contribution in [0.3, 0.4) is 0 Å². The highest BCUT2D eigenvalue weighted by Gasteiger charge is 2.51. The minimum atomic E-state index is -0.606. The molecule has 146 valence electrons. The van der Waals surface area contributed by atoms with Gasteiger partial charge in [0.15, 0.2) is 11.6 Å². The van der Waals surface area contributed by atoms with Crippen LogP contribution in [-0.4, -0.2) is 17.3 Å². The summed E-state index contributed by atoms with van der Waals surface area (Å²) in [6, 6.07) is 15.8. The second-order valence-electron chi connectivity index (χ2n) is 8.57. The number of ketones is 2. The summed E-state index contributed by atoms with van der Waals surface area (Å²) in [5.74, 6) is 0.133. The lowest BCUT2D eigenvalue weighted by Crippen LogP contribution is -2.35. The van der Waals surface area contributed by atoms with E-state index in [2.05, 4.69) is 13.8 Å². The number of carbonyl (C=O) groups is 2. The largest absolute Gasteiger partial charge is 0.309 e. The van der Waals surface area contributed by atoms with E-state index in [-0.39, 0.29) is 11.6 Å². The van der Waals surface area contributed by atoms with Crippen LogP contribution in [0.25, 0.3) is 0 Å². The van der Waals surface area contributed by atoms with E-state index >= 15 is 0 Å². The molecule has 0 heterocycles. The molecule has 2 aromatic carbocycles. The molecule has 2 unspecified atom stereocenters. The van der Waals surface area contributed by atoms with Crippen molar-refractivity contribution in [1.82, 2.24) is 0 Å². The fourth-order valence-electron chi connectivity index (χ4n) is 4.64. The molecule has 2 atom stereocenters. The van der Waals surface area contributed by atoms with Gasteiger partial charge in [0.1, 0.15) is 0 Å². The first kappa shape index (κ1) is 20.2. The third kappa shape index (κ3) is 3.71. The third-order valence-corrected chi connectivity index (χ3v) is 5.91. The van der Waals surface area contributed by atoms with Crippen molar-refractivity contribution in [2.75, 3.05) is 0 Å². The van der Waals surface area contributed by atoms with Crippen LogP contribution in [0, 0.1) is 24.2 Å². The van der Waals surface area contributed by atoms with E-state index in [9.17, 15) is 9.59 Å². The summed E-state index contributed by atoms with van der Waals surface area (Å²) in [4.78, 5) is 25.5. The van der Waals surface area contributed by atoms with Gasteiger partial charge < -0.3 is 5.41 Å². The molecule has 0 aliphatic heterocycles. The van der Waals surface area contributed by atoms with Crippen molar-refractivity contribution in [2.45, 2.75) is 52.4 Å². The van der Waals surface area contributed by atoms with E-state index in [0.717, 1.165) is 23.1 Å². The predicted molar refractivity (Wildman–Crippen MR) is 113 cm³/mol. The zero-order valence-corrected chi connectivity index (χ0v) is 17.2. The zero-order valence-electron chi connectivity index (χ0n) is 17.2. The number of aryl methyl sites for hydroxylation is 1. The van der Waals surface area contributed by atoms with Gasteiger partial charge in [-0.1, -0.05) is 56.3 Å². The fourth-order valence-corrected chi connectivity index (χ4v) is 4.64. The molecule has 3 nitrogen and oxygen atoms in total. The molecule has 1 N–H and O–H groups in total. The highest BCUT2D eigenvalue weighted by atomic mass is 16.1. The minimum Gasteiger partial charge on any atom is -0.309 e. The van der Waals surface area contributed by atoms with Gasteiger partial charge in [0, 0.05) is 17.7 Å². The van der Waals surface area contributed by atoms with Crippen LogP contribution in [0.5, 0.6) is 0 Å². The van der Waals surface area contributed by atoms with Gasteiger partial charge in [-0.25, -0.2) is 0 Å². The number of Topliss-reactive ketones (excluding diaryl/α,β-unsaturated/α-hetero) is 2. The van der Waals surface area contributed by atoms with Crippen molar-refractivity contribution in [3.63, 3.8) is 0 Å². The van der Waals surface area contributed by atoms with Gasteiger partial charge in [-0.05, 0) is 55.4 Å². The summed E-state index contributed by atoms with van der Waals surface area (Å²) in [5, 5.41) is 8.63. The average molecular weight is 376 g/mol. The van der Waals surface area contributed by atoms with Gasteiger partial charge in [0.2, 0.25) is 0 Å². The first-order valence-corrected chi connectivity index (χ1v) is 10.0. The SMILES string of the molecule is CC(=O)c1cc(CC2C(=N)CC(CC(C)C)(c3ccccc3)C2=O)ccc1C. The monoisotopic (exact) mass is 375 g/mol. The average Bonchev–Trinajstić information content (AvgIpc) is 2.88. The van der Waals surface area contributed by atoms with Crippen molar-refractivity contribution in [2.24, 2.45) is 11.8 Å². The number of nitrogens with one attached hydrogen (secondary N) is 1. The molecule has 1 aliphatic carbocycles. The number of carbonyl (C=O) groups excluding carboxylic acids is 2. The van der Waals surface area contributed by atoms with Crippen molar-refractivity contribution in [3.05, 3.63) is 70.8 Å². The number of rotatable bonds is 6. The third-order valence-electron chi connectivity index (χ3n) is 5.91. The Bertz CT molecular complexity index is 913. The highest BCUT2D eigenvalue weighted by molar-refractivity contribution is 6.16. The molecular weight excluding hydrogens is 346 g/mol. The Morgan fingerprint density at radius 2 is 1.86 bits per heavy atom. The van der Waals surface area contributed by atoms with Crippen molar-refractivity contribution in [3.8, 4) is 0 Å². The van der Waals surface area contributed by atoms with Crippen LogP contribution in [0.4, 0.5) is 0 Å². The van der Waals surface area contributed by atoms with Gasteiger partial charge >= 0.3 is 0 Å². The van der Waals surface area contributed by atoms with Gasteiger partial charge in [-0.15, -0.1) is 0 Å². The van der Waals surface area contributed by atoms with Crippen LogP contribution in [-0.2, 0) is 16.6 Å². The Hall–Kier alpha value is -2.55. The normalized spacial score (nSPS) is 22.1. The summed E-state index contributed by atoms with van der Waals surface area (Å²) in [5.41, 5.74) is 3.53. The number of benzene rings is 2. The zero-order chi connectivity index (χ0) is 20.5. The van der Waals surface area contributed by atoms with Gasteiger partial charge in [-0.2, -0.15) is 0 Å². The maximum atomic E-state index is 13.7. The maximum Gasteiger partial charge on any atom is 0.160 e. The molecule has 0 spiro atoms. The van der Waals surface area contributed by atoms with E-state index in [1.54, 1.807) is 6.92 Å². The first-order chi connectivity index (χ1) is 13.2. The second-order valence-corrected chi connectivity index (χ2v) is 8.57. The molecule has 3 rings (SSSR count). The smallest absolute Gasteiger partial charge is 0.160 e. The summed E-state index contributed by atoms with van der Waals surface area (Å²) in [6.07, 6.45) is 1.73. The molecule has 0 saturated heterocycles. The van der Waals surface area contributed by atoms with Crippen LogP contribution in [0.15, 0.2) is 48.5 Å². The summed E-state index contributed by atoms with van der Waals surface area (Å²) in [6.45, 7) is 7.76. The molecular formula is C25H29NO2. The molecule has 0 bridgehead atoms. The van der Waals surface area contributed by atoms with Gasteiger partial charge in [0.05, 0.1) is 11.3 Å².